The zero-order valence-electron chi connectivity index (χ0n) is 21.9. The van der Waals surface area contributed by atoms with Crippen molar-refractivity contribution in [2.24, 2.45) is 5.73 Å². The van der Waals surface area contributed by atoms with Gasteiger partial charge in [-0.2, -0.15) is 5.26 Å². The molecule has 9 heteroatoms. The second kappa shape index (κ2) is 12.2. The Bertz CT molecular complexity index is 1410. The van der Waals surface area contributed by atoms with Crippen LogP contribution in [0.1, 0.15) is 44.2 Å². The van der Waals surface area contributed by atoms with E-state index in [-0.39, 0.29) is 17.2 Å². The van der Waals surface area contributed by atoms with Crippen LogP contribution in [0.5, 0.6) is 28.7 Å². The minimum Gasteiger partial charge on any atom is -0.490 e. The number of benzene rings is 3. The van der Waals surface area contributed by atoms with Gasteiger partial charge in [-0.3, -0.25) is 0 Å². The van der Waals surface area contributed by atoms with Gasteiger partial charge in [-0.15, -0.1) is 0 Å². The van der Waals surface area contributed by atoms with Gasteiger partial charge in [-0.25, -0.2) is 9.18 Å². The molecule has 0 saturated carbocycles. The van der Waals surface area contributed by atoms with E-state index in [1.807, 2.05) is 32.0 Å². The molecule has 1 aliphatic rings. The smallest absolute Gasteiger partial charge is 0.352 e. The van der Waals surface area contributed by atoms with Crippen LogP contribution in [0.4, 0.5) is 4.39 Å². The highest BCUT2D eigenvalue weighted by molar-refractivity contribution is 5.77. The first-order valence-electron chi connectivity index (χ1n) is 12.6. The van der Waals surface area contributed by atoms with Crippen LogP contribution < -0.4 is 29.4 Å². The van der Waals surface area contributed by atoms with Gasteiger partial charge in [0, 0.05) is 11.6 Å². The molecule has 3 aromatic carbocycles. The molecular weight excluding hydrogens is 503 g/mol. The number of halogens is 1. The Morgan fingerprint density at radius 2 is 1.79 bits per heavy atom. The van der Waals surface area contributed by atoms with Crippen LogP contribution in [0.15, 0.2) is 72.1 Å². The van der Waals surface area contributed by atoms with Gasteiger partial charge < -0.3 is 29.4 Å². The van der Waals surface area contributed by atoms with E-state index in [2.05, 4.69) is 6.07 Å². The number of fused-ring (bicyclic) bond motifs is 1. The first kappa shape index (κ1) is 27.3. The molecule has 2 atom stereocenters. The molecule has 4 rings (SSSR count). The number of nitriles is 1. The third kappa shape index (κ3) is 6.24. The largest absolute Gasteiger partial charge is 0.490 e. The van der Waals surface area contributed by atoms with Gasteiger partial charge in [0.1, 0.15) is 34.7 Å². The van der Waals surface area contributed by atoms with Gasteiger partial charge in [0.2, 0.25) is 5.88 Å². The molecule has 2 unspecified atom stereocenters. The Morgan fingerprint density at radius 1 is 1.05 bits per heavy atom. The summed E-state index contributed by atoms with van der Waals surface area (Å²) in [6.07, 6.45) is -0.108. The highest BCUT2D eigenvalue weighted by Crippen LogP contribution is 2.45. The number of nitrogens with zero attached hydrogens (tertiary/aromatic N) is 1. The van der Waals surface area contributed by atoms with E-state index >= 15 is 0 Å². The van der Waals surface area contributed by atoms with Gasteiger partial charge in [0.25, 0.3) is 0 Å². The predicted octanol–water partition coefficient (Wildman–Crippen LogP) is 5.60. The number of allylic oxidation sites excluding steroid dienone is 1. The Morgan fingerprint density at radius 3 is 2.49 bits per heavy atom. The Balaban J connectivity index is 1.60. The van der Waals surface area contributed by atoms with Crippen LogP contribution in [0.2, 0.25) is 0 Å². The minimum absolute atomic E-state index is 0.0456. The average Bonchev–Trinajstić information content (AvgIpc) is 2.92. The standard InChI is InChI=1S/C30H29FN2O6/c1-4-14-36-25-13-6-19(15-27(25)35-5-2)28-23-12-11-22(16-26(23)39-29(33)24(28)17-32)38-30(34)18(3)37-21-9-7-20(31)8-10-21/h6-13,15-16,18,28H,4-5,14,33H2,1-3H3. The number of carbonyl (C=O) groups excluding carboxylic acids is 1. The van der Waals surface area contributed by atoms with Crippen LogP contribution in [0.25, 0.3) is 0 Å². The lowest BCUT2D eigenvalue weighted by Crippen LogP contribution is -2.28. The number of hydrogen-bond donors (Lipinski definition) is 1. The number of ether oxygens (including phenoxy) is 5. The molecule has 0 bridgehead atoms. The second-order valence-corrected chi connectivity index (χ2v) is 8.75. The zero-order valence-corrected chi connectivity index (χ0v) is 21.9. The molecule has 0 spiro atoms. The fourth-order valence-electron chi connectivity index (χ4n) is 4.11. The van der Waals surface area contributed by atoms with E-state index < -0.39 is 23.8 Å². The van der Waals surface area contributed by atoms with Gasteiger partial charge >= 0.3 is 5.97 Å². The number of carbonyl (C=O) groups is 1. The maximum Gasteiger partial charge on any atom is 0.352 e. The lowest BCUT2D eigenvalue weighted by molar-refractivity contribution is -0.141. The van der Waals surface area contributed by atoms with Crippen LogP contribution in [0.3, 0.4) is 0 Å². The van der Waals surface area contributed by atoms with Gasteiger partial charge in [-0.05, 0) is 68.3 Å². The molecule has 39 heavy (non-hydrogen) atoms. The Hall–Kier alpha value is -4.71. The van der Waals surface area contributed by atoms with E-state index in [0.29, 0.717) is 41.8 Å². The molecule has 0 fully saturated rings. The molecule has 1 aliphatic heterocycles. The first-order chi connectivity index (χ1) is 18.8. The molecular formula is C30H29FN2O6. The number of rotatable bonds is 10. The molecule has 8 nitrogen and oxygen atoms in total. The van der Waals surface area contributed by atoms with E-state index in [9.17, 15) is 14.4 Å². The summed E-state index contributed by atoms with van der Waals surface area (Å²) in [5.74, 6) is 0.412. The lowest BCUT2D eigenvalue weighted by Gasteiger charge is -2.27. The van der Waals surface area contributed by atoms with Crippen molar-refractivity contribution in [1.82, 2.24) is 0 Å². The normalized spacial score (nSPS) is 14.9. The summed E-state index contributed by atoms with van der Waals surface area (Å²) in [6, 6.07) is 17.9. The summed E-state index contributed by atoms with van der Waals surface area (Å²) in [4.78, 5) is 12.6. The summed E-state index contributed by atoms with van der Waals surface area (Å²) in [5, 5.41) is 9.91. The van der Waals surface area contributed by atoms with Gasteiger partial charge in [-0.1, -0.05) is 19.1 Å². The molecule has 0 amide bonds. The Kier molecular flexibility index (Phi) is 8.56. The lowest BCUT2D eigenvalue weighted by atomic mass is 9.83. The van der Waals surface area contributed by atoms with Gasteiger partial charge in [0.05, 0.1) is 19.1 Å². The molecule has 0 aliphatic carbocycles. The maximum absolute atomic E-state index is 13.1. The number of hydrogen-bond acceptors (Lipinski definition) is 8. The molecule has 0 aromatic heterocycles. The predicted molar refractivity (Wildman–Crippen MR) is 141 cm³/mol. The first-order valence-corrected chi connectivity index (χ1v) is 12.6. The highest BCUT2D eigenvalue weighted by Gasteiger charge is 2.32. The van der Waals surface area contributed by atoms with Crippen molar-refractivity contribution in [2.75, 3.05) is 13.2 Å². The molecule has 2 N–H and O–H groups in total. The fourth-order valence-corrected chi connectivity index (χ4v) is 4.11. The topological polar surface area (TPSA) is 113 Å². The highest BCUT2D eigenvalue weighted by atomic mass is 19.1. The van der Waals surface area contributed by atoms with Crippen LogP contribution in [-0.4, -0.2) is 25.3 Å². The molecule has 3 aromatic rings. The van der Waals surface area contributed by atoms with E-state index in [0.717, 1.165) is 12.0 Å². The van der Waals surface area contributed by atoms with E-state index in [1.54, 1.807) is 12.1 Å². The molecule has 0 saturated heterocycles. The zero-order chi connectivity index (χ0) is 27.9. The maximum atomic E-state index is 13.1. The SMILES string of the molecule is CCCOc1ccc(C2C(C#N)=C(N)Oc3cc(OC(=O)C(C)Oc4ccc(F)cc4)ccc32)cc1OCC. The van der Waals surface area contributed by atoms with Crippen molar-refractivity contribution in [3.8, 4) is 34.8 Å². The van der Waals surface area contributed by atoms with E-state index in [4.69, 9.17) is 29.4 Å². The van der Waals surface area contributed by atoms with E-state index in [1.165, 1.54) is 37.3 Å². The van der Waals surface area contributed by atoms with Crippen molar-refractivity contribution >= 4 is 5.97 Å². The fraction of sp³-hybridized carbons (Fsp3) is 0.267. The quantitative estimate of drug-likeness (QED) is 0.265. The van der Waals surface area contributed by atoms with Crippen LogP contribution >= 0.6 is 0 Å². The van der Waals surface area contributed by atoms with Gasteiger partial charge in [0.15, 0.2) is 17.6 Å². The molecule has 1 heterocycles. The minimum atomic E-state index is -0.958. The third-order valence-electron chi connectivity index (χ3n) is 5.93. The summed E-state index contributed by atoms with van der Waals surface area (Å²) in [6.45, 7) is 6.42. The monoisotopic (exact) mass is 532 g/mol. The molecule has 0 radical (unpaired) electrons. The van der Waals surface area contributed by atoms with Crippen molar-refractivity contribution in [3.05, 3.63) is 89.1 Å². The summed E-state index contributed by atoms with van der Waals surface area (Å²) < 4.78 is 41.5. The summed E-state index contributed by atoms with van der Waals surface area (Å²) >= 11 is 0. The van der Waals surface area contributed by atoms with Crippen LogP contribution in [0, 0.1) is 17.1 Å². The van der Waals surface area contributed by atoms with Crippen molar-refractivity contribution < 1.29 is 32.9 Å². The summed E-state index contributed by atoms with van der Waals surface area (Å²) in [7, 11) is 0. The Labute approximate surface area is 226 Å². The second-order valence-electron chi connectivity index (χ2n) is 8.75. The average molecular weight is 533 g/mol. The summed E-state index contributed by atoms with van der Waals surface area (Å²) in [5.41, 5.74) is 7.82. The number of nitrogens with two attached hydrogens (primary N) is 1. The van der Waals surface area contributed by atoms with Crippen molar-refractivity contribution in [1.29, 1.82) is 5.26 Å². The number of esters is 1. The molecule has 202 valence electrons. The third-order valence-corrected chi connectivity index (χ3v) is 5.93. The van der Waals surface area contributed by atoms with Crippen LogP contribution in [-0.2, 0) is 4.79 Å². The van der Waals surface area contributed by atoms with Crippen molar-refractivity contribution in [2.45, 2.75) is 39.2 Å². The van der Waals surface area contributed by atoms with Crippen molar-refractivity contribution in [3.63, 3.8) is 0 Å².